The number of carbonyl (C=O) groups excluding carboxylic acids is 1. The van der Waals surface area contributed by atoms with Crippen LogP contribution in [0.4, 0.5) is 5.13 Å². The smallest absolute Gasteiger partial charge is 0.237 e. The highest BCUT2D eigenvalue weighted by atomic mass is 32.1. The van der Waals surface area contributed by atoms with E-state index in [1.807, 2.05) is 18.5 Å². The number of carbonyl (C=O) groups is 1. The average Bonchev–Trinajstić information content (AvgIpc) is 3.15. The third-order valence-corrected chi connectivity index (χ3v) is 5.35. The molecular formula is C18H24N4OS. The Morgan fingerprint density at radius 2 is 1.96 bits per heavy atom. The fourth-order valence-corrected chi connectivity index (χ4v) is 3.58. The number of rotatable bonds is 5. The van der Waals surface area contributed by atoms with Gasteiger partial charge in [-0.25, -0.2) is 4.98 Å². The quantitative estimate of drug-likeness (QED) is 0.904. The number of piperazine rings is 1. The number of benzene rings is 1. The highest BCUT2D eigenvalue weighted by Crippen LogP contribution is 2.19. The van der Waals surface area contributed by atoms with Gasteiger partial charge in [-0.2, -0.15) is 0 Å². The summed E-state index contributed by atoms with van der Waals surface area (Å²) in [5.74, 6) is 0.0956. The van der Waals surface area contributed by atoms with Crippen molar-refractivity contribution in [2.75, 3.05) is 31.1 Å². The van der Waals surface area contributed by atoms with E-state index in [4.69, 9.17) is 0 Å². The van der Waals surface area contributed by atoms with Crippen molar-refractivity contribution in [2.24, 2.45) is 0 Å². The molecular weight excluding hydrogens is 320 g/mol. The number of aryl methyl sites for hydroxylation is 1. The zero-order chi connectivity index (χ0) is 16.9. The lowest BCUT2D eigenvalue weighted by Gasteiger charge is -2.37. The van der Waals surface area contributed by atoms with Crippen molar-refractivity contribution in [3.8, 4) is 0 Å². The van der Waals surface area contributed by atoms with Crippen LogP contribution in [0.15, 0.2) is 35.8 Å². The van der Waals surface area contributed by atoms with Crippen LogP contribution in [-0.2, 0) is 11.3 Å². The maximum atomic E-state index is 12.4. The maximum absolute atomic E-state index is 12.4. The molecule has 1 aromatic heterocycles. The zero-order valence-corrected chi connectivity index (χ0v) is 15.1. The number of thiazole rings is 1. The maximum Gasteiger partial charge on any atom is 0.237 e. The number of nitrogens with one attached hydrogen (secondary N) is 1. The molecule has 0 bridgehead atoms. The molecule has 3 rings (SSSR count). The minimum absolute atomic E-state index is 0.0956. The number of hydrogen-bond donors (Lipinski definition) is 1. The van der Waals surface area contributed by atoms with E-state index in [-0.39, 0.29) is 11.9 Å². The van der Waals surface area contributed by atoms with Gasteiger partial charge in [-0.15, -0.1) is 11.3 Å². The normalized spacial score (nSPS) is 16.8. The Kier molecular flexibility index (Phi) is 5.48. The first-order chi connectivity index (χ1) is 11.6. The molecule has 2 heterocycles. The molecule has 1 N–H and O–H groups in total. The minimum atomic E-state index is -0.103. The molecule has 0 unspecified atom stereocenters. The van der Waals surface area contributed by atoms with Crippen LogP contribution in [0.3, 0.4) is 0 Å². The number of anilines is 1. The highest BCUT2D eigenvalue weighted by Gasteiger charge is 2.26. The summed E-state index contributed by atoms with van der Waals surface area (Å²) in [4.78, 5) is 21.3. The summed E-state index contributed by atoms with van der Waals surface area (Å²) in [5, 5.41) is 6.13. The summed E-state index contributed by atoms with van der Waals surface area (Å²) in [6.07, 6.45) is 1.84. The van der Waals surface area contributed by atoms with E-state index < -0.39 is 0 Å². The van der Waals surface area contributed by atoms with Crippen LogP contribution in [0.25, 0.3) is 0 Å². The van der Waals surface area contributed by atoms with Gasteiger partial charge < -0.3 is 10.2 Å². The van der Waals surface area contributed by atoms with Crippen LogP contribution in [0.5, 0.6) is 0 Å². The molecule has 1 aliphatic heterocycles. The van der Waals surface area contributed by atoms with Crippen molar-refractivity contribution in [2.45, 2.75) is 26.4 Å². The van der Waals surface area contributed by atoms with Crippen molar-refractivity contribution in [1.29, 1.82) is 0 Å². The lowest BCUT2D eigenvalue weighted by molar-refractivity contribution is -0.126. The molecule has 0 aliphatic carbocycles. The lowest BCUT2D eigenvalue weighted by atomic mass is 10.1. The van der Waals surface area contributed by atoms with E-state index in [1.165, 1.54) is 5.56 Å². The summed E-state index contributed by atoms with van der Waals surface area (Å²) >= 11 is 1.67. The van der Waals surface area contributed by atoms with Gasteiger partial charge >= 0.3 is 0 Å². The molecule has 1 atom stereocenters. The van der Waals surface area contributed by atoms with E-state index >= 15 is 0 Å². The van der Waals surface area contributed by atoms with Gasteiger partial charge in [0.2, 0.25) is 5.91 Å². The van der Waals surface area contributed by atoms with Crippen molar-refractivity contribution in [3.63, 3.8) is 0 Å². The largest absolute Gasteiger partial charge is 0.351 e. The van der Waals surface area contributed by atoms with Crippen LogP contribution < -0.4 is 10.2 Å². The second-order valence-electron chi connectivity index (χ2n) is 6.22. The number of nitrogens with zero attached hydrogens (tertiary/aromatic N) is 3. The van der Waals surface area contributed by atoms with Crippen LogP contribution in [0, 0.1) is 6.92 Å². The van der Waals surface area contributed by atoms with Gasteiger partial charge in [-0.1, -0.05) is 29.8 Å². The molecule has 1 amide bonds. The molecule has 0 radical (unpaired) electrons. The predicted molar refractivity (Wildman–Crippen MR) is 98.4 cm³/mol. The Morgan fingerprint density at radius 3 is 2.58 bits per heavy atom. The molecule has 0 spiro atoms. The summed E-state index contributed by atoms with van der Waals surface area (Å²) in [6, 6.07) is 8.17. The molecule has 128 valence electrons. The molecule has 6 heteroatoms. The Hall–Kier alpha value is -1.92. The number of aromatic nitrogens is 1. The number of amides is 1. The van der Waals surface area contributed by atoms with Gasteiger partial charge in [0.25, 0.3) is 0 Å². The van der Waals surface area contributed by atoms with Crippen molar-refractivity contribution in [3.05, 3.63) is 47.0 Å². The Balaban J connectivity index is 1.46. The Bertz CT molecular complexity index is 648. The molecule has 0 saturated carbocycles. The summed E-state index contributed by atoms with van der Waals surface area (Å²) in [5.41, 5.74) is 2.37. The standard InChI is InChI=1S/C18H24N4OS/c1-14-3-5-16(6-4-14)13-20-17(23)15(2)21-8-10-22(11-9-21)18-19-7-12-24-18/h3-7,12,15H,8-11,13H2,1-2H3,(H,20,23)/t15-/m1/s1. The van der Waals surface area contributed by atoms with Gasteiger partial charge in [-0.3, -0.25) is 9.69 Å². The van der Waals surface area contributed by atoms with E-state index in [2.05, 4.69) is 51.3 Å². The fourth-order valence-electron chi connectivity index (χ4n) is 2.88. The summed E-state index contributed by atoms with van der Waals surface area (Å²) in [7, 11) is 0. The Morgan fingerprint density at radius 1 is 1.25 bits per heavy atom. The van der Waals surface area contributed by atoms with Crippen molar-refractivity contribution < 1.29 is 4.79 Å². The highest BCUT2D eigenvalue weighted by molar-refractivity contribution is 7.13. The molecule has 5 nitrogen and oxygen atoms in total. The topological polar surface area (TPSA) is 48.5 Å². The molecule has 1 fully saturated rings. The van der Waals surface area contributed by atoms with Crippen LogP contribution >= 0.6 is 11.3 Å². The Labute approximate surface area is 147 Å². The third kappa shape index (κ3) is 4.13. The van der Waals surface area contributed by atoms with Crippen LogP contribution in [0.2, 0.25) is 0 Å². The van der Waals surface area contributed by atoms with Gasteiger partial charge in [0.05, 0.1) is 6.04 Å². The minimum Gasteiger partial charge on any atom is -0.351 e. The van der Waals surface area contributed by atoms with Crippen LogP contribution in [0.1, 0.15) is 18.1 Å². The van der Waals surface area contributed by atoms with Gasteiger partial charge in [0, 0.05) is 44.3 Å². The van der Waals surface area contributed by atoms with E-state index in [0.29, 0.717) is 6.54 Å². The molecule has 1 saturated heterocycles. The SMILES string of the molecule is Cc1ccc(CNC(=O)[C@@H](C)N2CCN(c3nccs3)CC2)cc1. The van der Waals surface area contributed by atoms with Gasteiger partial charge in [-0.05, 0) is 19.4 Å². The van der Waals surface area contributed by atoms with Crippen molar-refractivity contribution >= 4 is 22.4 Å². The first kappa shape index (κ1) is 16.9. The average molecular weight is 344 g/mol. The number of hydrogen-bond acceptors (Lipinski definition) is 5. The third-order valence-electron chi connectivity index (χ3n) is 4.52. The zero-order valence-electron chi connectivity index (χ0n) is 14.2. The van der Waals surface area contributed by atoms with Crippen molar-refractivity contribution in [1.82, 2.24) is 15.2 Å². The summed E-state index contributed by atoms with van der Waals surface area (Å²) in [6.45, 7) is 8.26. The van der Waals surface area contributed by atoms with E-state index in [1.54, 1.807) is 11.3 Å². The van der Waals surface area contributed by atoms with Crippen LogP contribution in [-0.4, -0.2) is 48.0 Å². The second-order valence-corrected chi connectivity index (χ2v) is 7.09. The lowest BCUT2D eigenvalue weighted by Crippen LogP contribution is -2.53. The van der Waals surface area contributed by atoms with E-state index in [0.717, 1.165) is 36.9 Å². The van der Waals surface area contributed by atoms with Gasteiger partial charge in [0.15, 0.2) is 5.13 Å². The first-order valence-electron chi connectivity index (χ1n) is 8.35. The fraction of sp³-hybridized carbons (Fsp3) is 0.444. The monoisotopic (exact) mass is 344 g/mol. The molecule has 1 aromatic carbocycles. The predicted octanol–water partition coefficient (Wildman–Crippen LogP) is 2.28. The first-order valence-corrected chi connectivity index (χ1v) is 9.23. The second kappa shape index (κ2) is 7.77. The van der Waals surface area contributed by atoms with E-state index in [9.17, 15) is 4.79 Å². The summed E-state index contributed by atoms with van der Waals surface area (Å²) < 4.78 is 0. The molecule has 1 aliphatic rings. The van der Waals surface area contributed by atoms with Gasteiger partial charge in [0.1, 0.15) is 0 Å². The molecule has 2 aromatic rings. The molecule has 24 heavy (non-hydrogen) atoms.